The lowest BCUT2D eigenvalue weighted by molar-refractivity contribution is 0.0689. The van der Waals surface area contributed by atoms with Crippen molar-refractivity contribution in [3.63, 3.8) is 0 Å². The van der Waals surface area contributed by atoms with E-state index in [4.69, 9.17) is 16.3 Å². The first-order chi connectivity index (χ1) is 9.65. The van der Waals surface area contributed by atoms with E-state index in [0.717, 1.165) is 5.39 Å². The topological polar surface area (TPSA) is 62.3 Å². The number of carbonyl (C=O) groups is 1. The van der Waals surface area contributed by atoms with Gasteiger partial charge < -0.3 is 14.8 Å². The molecule has 3 aromatic rings. The zero-order chi connectivity index (χ0) is 14.1. The molecule has 0 unspecified atom stereocenters. The molecule has 0 aliphatic heterocycles. The van der Waals surface area contributed by atoms with Gasteiger partial charge in [0.05, 0.1) is 0 Å². The molecule has 5 heteroatoms. The van der Waals surface area contributed by atoms with E-state index in [0.29, 0.717) is 22.0 Å². The van der Waals surface area contributed by atoms with Gasteiger partial charge in [0.15, 0.2) is 11.4 Å². The predicted molar refractivity (Wildman–Crippen MR) is 76.8 cm³/mol. The third kappa shape index (κ3) is 2.21. The summed E-state index contributed by atoms with van der Waals surface area (Å²) in [6.45, 7) is 0. The predicted octanol–water partition coefficient (Wildman–Crippen LogP) is 4.31. The smallest absolute Gasteiger partial charge is 0.356 e. The number of fused-ring (bicyclic) bond motifs is 1. The van der Waals surface area contributed by atoms with Crippen molar-refractivity contribution < 1.29 is 14.6 Å². The number of carboxylic acid groups (broad SMARTS) is 1. The Kier molecular flexibility index (Phi) is 3.08. The molecule has 0 bridgehead atoms. The SMILES string of the molecule is O=C(O)c1[nH]c2ccccc2c1Oc1ccc(Cl)cc1. The van der Waals surface area contributed by atoms with Crippen molar-refractivity contribution in [3.8, 4) is 11.5 Å². The van der Waals surface area contributed by atoms with Gasteiger partial charge in [0.1, 0.15) is 5.75 Å². The quantitative estimate of drug-likeness (QED) is 0.754. The normalized spacial score (nSPS) is 10.7. The van der Waals surface area contributed by atoms with E-state index in [9.17, 15) is 9.90 Å². The highest BCUT2D eigenvalue weighted by Gasteiger charge is 2.18. The number of ether oxygens (including phenoxy) is 1. The summed E-state index contributed by atoms with van der Waals surface area (Å²) in [6, 6.07) is 14.0. The number of rotatable bonds is 3. The zero-order valence-electron chi connectivity index (χ0n) is 10.3. The minimum absolute atomic E-state index is 0.0288. The summed E-state index contributed by atoms with van der Waals surface area (Å²) in [5, 5.41) is 10.6. The van der Waals surface area contributed by atoms with Crippen LogP contribution in [0.25, 0.3) is 10.9 Å². The molecule has 3 rings (SSSR count). The lowest BCUT2D eigenvalue weighted by Gasteiger charge is -2.05. The van der Waals surface area contributed by atoms with Crippen LogP contribution in [0.3, 0.4) is 0 Å². The number of halogens is 1. The number of nitrogens with one attached hydrogen (secondary N) is 1. The fraction of sp³-hybridized carbons (Fsp3) is 0. The lowest BCUT2D eigenvalue weighted by atomic mass is 10.2. The minimum atomic E-state index is -1.06. The summed E-state index contributed by atoms with van der Waals surface area (Å²) >= 11 is 5.81. The van der Waals surface area contributed by atoms with E-state index in [2.05, 4.69) is 4.98 Å². The summed E-state index contributed by atoms with van der Waals surface area (Å²) in [7, 11) is 0. The van der Waals surface area contributed by atoms with E-state index in [-0.39, 0.29) is 5.69 Å². The number of H-pyrrole nitrogens is 1. The number of benzene rings is 2. The van der Waals surface area contributed by atoms with E-state index in [1.807, 2.05) is 18.2 Å². The summed E-state index contributed by atoms with van der Waals surface area (Å²) in [4.78, 5) is 14.1. The highest BCUT2D eigenvalue weighted by molar-refractivity contribution is 6.30. The van der Waals surface area contributed by atoms with Crippen LogP contribution in [-0.2, 0) is 0 Å². The van der Waals surface area contributed by atoms with Crippen molar-refractivity contribution in [1.29, 1.82) is 0 Å². The molecule has 0 amide bonds. The van der Waals surface area contributed by atoms with Gasteiger partial charge in [0.2, 0.25) is 0 Å². The van der Waals surface area contributed by atoms with Gasteiger partial charge in [-0.2, -0.15) is 0 Å². The van der Waals surface area contributed by atoms with E-state index in [1.165, 1.54) is 0 Å². The molecule has 0 atom stereocenters. The molecular weight excluding hydrogens is 278 g/mol. The standard InChI is InChI=1S/C15H10ClNO3/c16-9-5-7-10(8-6-9)20-14-11-3-1-2-4-12(11)17-13(14)15(18)19/h1-8,17H,(H,18,19). The Labute approximate surface area is 119 Å². The van der Waals surface area contributed by atoms with Crippen LogP contribution in [0, 0.1) is 0 Å². The molecule has 2 N–H and O–H groups in total. The molecule has 0 spiro atoms. The third-order valence-corrected chi connectivity index (χ3v) is 3.16. The Morgan fingerprint density at radius 1 is 1.10 bits per heavy atom. The van der Waals surface area contributed by atoms with Crippen LogP contribution >= 0.6 is 11.6 Å². The minimum Gasteiger partial charge on any atom is -0.476 e. The van der Waals surface area contributed by atoms with Crippen LogP contribution in [0.15, 0.2) is 48.5 Å². The number of hydrogen-bond acceptors (Lipinski definition) is 2. The van der Waals surface area contributed by atoms with Gasteiger partial charge in [-0.15, -0.1) is 0 Å². The van der Waals surface area contributed by atoms with Crippen molar-refractivity contribution >= 4 is 28.5 Å². The summed E-state index contributed by atoms with van der Waals surface area (Å²) in [5.74, 6) is -0.234. The first-order valence-electron chi connectivity index (χ1n) is 5.92. The van der Waals surface area contributed by atoms with Crippen LogP contribution in [0.4, 0.5) is 0 Å². The monoisotopic (exact) mass is 287 g/mol. The average Bonchev–Trinajstić information content (AvgIpc) is 2.81. The molecule has 100 valence electrons. The largest absolute Gasteiger partial charge is 0.476 e. The third-order valence-electron chi connectivity index (χ3n) is 2.91. The van der Waals surface area contributed by atoms with Crippen LogP contribution in [0.2, 0.25) is 5.02 Å². The van der Waals surface area contributed by atoms with Gasteiger partial charge in [-0.05, 0) is 36.4 Å². The second kappa shape index (κ2) is 4.90. The highest BCUT2D eigenvalue weighted by Crippen LogP contribution is 2.34. The molecular formula is C15H10ClNO3. The molecule has 1 heterocycles. The second-order valence-electron chi connectivity index (χ2n) is 4.24. The van der Waals surface area contributed by atoms with Gasteiger partial charge in [-0.25, -0.2) is 4.79 Å². The van der Waals surface area contributed by atoms with Crippen molar-refractivity contribution in [2.24, 2.45) is 0 Å². The highest BCUT2D eigenvalue weighted by atomic mass is 35.5. The molecule has 20 heavy (non-hydrogen) atoms. The van der Waals surface area contributed by atoms with Gasteiger partial charge in [0.25, 0.3) is 0 Å². The zero-order valence-corrected chi connectivity index (χ0v) is 11.0. The van der Waals surface area contributed by atoms with Crippen LogP contribution < -0.4 is 4.74 Å². The summed E-state index contributed by atoms with van der Waals surface area (Å²) in [6.07, 6.45) is 0. The number of hydrogen-bond donors (Lipinski definition) is 2. The molecule has 0 fully saturated rings. The first-order valence-corrected chi connectivity index (χ1v) is 6.30. The van der Waals surface area contributed by atoms with Gasteiger partial charge in [-0.1, -0.05) is 23.7 Å². The first kappa shape index (κ1) is 12.6. The molecule has 1 aromatic heterocycles. The van der Waals surface area contributed by atoms with Crippen molar-refractivity contribution in [2.75, 3.05) is 0 Å². The Balaban J connectivity index is 2.11. The van der Waals surface area contributed by atoms with Crippen LogP contribution in [-0.4, -0.2) is 16.1 Å². The van der Waals surface area contributed by atoms with Crippen molar-refractivity contribution in [1.82, 2.24) is 4.98 Å². The number of carboxylic acids is 1. The molecule has 4 nitrogen and oxygen atoms in total. The summed E-state index contributed by atoms with van der Waals surface area (Å²) in [5.41, 5.74) is 0.745. The Hall–Kier alpha value is -2.46. The van der Waals surface area contributed by atoms with E-state index in [1.54, 1.807) is 30.3 Å². The Morgan fingerprint density at radius 3 is 2.50 bits per heavy atom. The van der Waals surface area contributed by atoms with Crippen molar-refractivity contribution in [2.45, 2.75) is 0 Å². The van der Waals surface area contributed by atoms with Crippen molar-refractivity contribution in [3.05, 3.63) is 59.2 Å². The van der Waals surface area contributed by atoms with Crippen LogP contribution in [0.5, 0.6) is 11.5 Å². The maximum atomic E-state index is 11.3. The maximum absolute atomic E-state index is 11.3. The second-order valence-corrected chi connectivity index (χ2v) is 4.67. The summed E-state index contributed by atoms with van der Waals surface area (Å²) < 4.78 is 5.71. The Bertz CT molecular complexity index is 777. The van der Waals surface area contributed by atoms with E-state index < -0.39 is 5.97 Å². The van der Waals surface area contributed by atoms with Crippen LogP contribution in [0.1, 0.15) is 10.5 Å². The van der Waals surface area contributed by atoms with Gasteiger partial charge in [-0.3, -0.25) is 0 Å². The van der Waals surface area contributed by atoms with Gasteiger partial charge in [0, 0.05) is 15.9 Å². The molecule has 0 aliphatic carbocycles. The van der Waals surface area contributed by atoms with Gasteiger partial charge >= 0.3 is 5.97 Å². The average molecular weight is 288 g/mol. The lowest BCUT2D eigenvalue weighted by Crippen LogP contribution is -1.99. The molecule has 0 saturated carbocycles. The maximum Gasteiger partial charge on any atom is 0.356 e. The fourth-order valence-electron chi connectivity index (χ4n) is 1.99. The Morgan fingerprint density at radius 2 is 1.80 bits per heavy atom. The van der Waals surface area contributed by atoms with E-state index >= 15 is 0 Å². The number of aromatic nitrogens is 1. The molecule has 0 saturated heterocycles. The molecule has 2 aromatic carbocycles. The molecule has 0 radical (unpaired) electrons. The fourth-order valence-corrected chi connectivity index (χ4v) is 2.12. The molecule has 0 aliphatic rings. The number of para-hydroxylation sites is 1. The number of aromatic amines is 1. The number of aromatic carboxylic acids is 1.